The molecule has 3 rings (SSSR count). The summed E-state index contributed by atoms with van der Waals surface area (Å²) in [7, 11) is 0. The number of fused-ring (bicyclic) bond motifs is 1. The Morgan fingerprint density at radius 2 is 1.68 bits per heavy atom. The highest BCUT2D eigenvalue weighted by Gasteiger charge is 2.27. The second kappa shape index (κ2) is 4.95. The van der Waals surface area contributed by atoms with E-state index in [0.29, 0.717) is 5.02 Å². The van der Waals surface area contributed by atoms with Gasteiger partial charge in [-0.3, -0.25) is 0 Å². The quantitative estimate of drug-likeness (QED) is 0.805. The number of nitrogens with one attached hydrogen (secondary N) is 1. The largest absolute Gasteiger partial charge is 0.481 e. The molecular formula is C15H13Cl2NO. The average Bonchev–Trinajstić information content (AvgIpc) is 2.39. The summed E-state index contributed by atoms with van der Waals surface area (Å²) >= 11 is 11.9. The molecule has 1 N–H and O–H groups in total. The van der Waals surface area contributed by atoms with Gasteiger partial charge in [-0.05, 0) is 42.8 Å². The van der Waals surface area contributed by atoms with E-state index in [1.54, 1.807) is 0 Å². The Morgan fingerprint density at radius 1 is 1.00 bits per heavy atom. The summed E-state index contributed by atoms with van der Waals surface area (Å²) in [6.07, 6.45) is -0.0362. The first-order valence-electron chi connectivity index (χ1n) is 6.12. The van der Waals surface area contributed by atoms with Gasteiger partial charge >= 0.3 is 0 Å². The molecule has 2 unspecified atom stereocenters. The Morgan fingerprint density at radius 3 is 2.42 bits per heavy atom. The van der Waals surface area contributed by atoms with Crippen LogP contribution in [0.4, 0.5) is 5.69 Å². The monoisotopic (exact) mass is 293 g/mol. The smallest absolute Gasteiger partial charge is 0.144 e. The van der Waals surface area contributed by atoms with Crippen LogP contribution < -0.4 is 10.1 Å². The zero-order valence-corrected chi connectivity index (χ0v) is 11.9. The molecule has 0 bridgehead atoms. The summed E-state index contributed by atoms with van der Waals surface area (Å²) in [5, 5.41) is 4.85. The highest BCUT2D eigenvalue weighted by molar-refractivity contribution is 6.31. The van der Waals surface area contributed by atoms with E-state index in [4.69, 9.17) is 27.9 Å². The Labute approximate surface area is 122 Å². The molecule has 0 spiro atoms. The summed E-state index contributed by atoms with van der Waals surface area (Å²) in [6, 6.07) is 13.5. The fraction of sp³-hybridized carbons (Fsp3) is 0.200. The lowest BCUT2D eigenvalue weighted by molar-refractivity contribution is 0.177. The van der Waals surface area contributed by atoms with Gasteiger partial charge in [-0.2, -0.15) is 0 Å². The van der Waals surface area contributed by atoms with Crippen molar-refractivity contribution in [1.82, 2.24) is 0 Å². The molecule has 0 saturated heterocycles. The number of halogens is 2. The molecule has 0 saturated carbocycles. The number of anilines is 1. The molecule has 98 valence electrons. The van der Waals surface area contributed by atoms with Crippen LogP contribution in [-0.4, -0.2) is 6.04 Å². The first-order valence-corrected chi connectivity index (χ1v) is 6.87. The van der Waals surface area contributed by atoms with E-state index in [9.17, 15) is 0 Å². The van der Waals surface area contributed by atoms with Crippen molar-refractivity contribution in [1.29, 1.82) is 0 Å². The SMILES string of the molecule is CC1Nc2cc(Cl)ccc2OC1c1ccc(Cl)cc1. The molecular weight excluding hydrogens is 281 g/mol. The fourth-order valence-corrected chi connectivity index (χ4v) is 2.58. The third-order valence-corrected chi connectivity index (χ3v) is 3.72. The summed E-state index contributed by atoms with van der Waals surface area (Å²) in [5.74, 6) is 0.822. The third kappa shape index (κ3) is 2.51. The molecule has 2 aromatic carbocycles. The molecule has 19 heavy (non-hydrogen) atoms. The van der Waals surface area contributed by atoms with Crippen molar-refractivity contribution in [3.63, 3.8) is 0 Å². The molecule has 2 nitrogen and oxygen atoms in total. The summed E-state index contributed by atoms with van der Waals surface area (Å²) in [5.41, 5.74) is 2.04. The van der Waals surface area contributed by atoms with Crippen LogP contribution in [0.3, 0.4) is 0 Å². The van der Waals surface area contributed by atoms with Crippen LogP contribution in [0.15, 0.2) is 42.5 Å². The van der Waals surface area contributed by atoms with Crippen molar-refractivity contribution < 1.29 is 4.74 Å². The molecule has 1 aliphatic heterocycles. The number of hydrogen-bond acceptors (Lipinski definition) is 2. The minimum absolute atomic E-state index is 0.0362. The first-order chi connectivity index (χ1) is 9.13. The van der Waals surface area contributed by atoms with E-state index in [-0.39, 0.29) is 12.1 Å². The van der Waals surface area contributed by atoms with Crippen molar-refractivity contribution in [2.45, 2.75) is 19.1 Å². The highest BCUT2D eigenvalue weighted by atomic mass is 35.5. The zero-order valence-electron chi connectivity index (χ0n) is 10.4. The molecule has 1 aliphatic rings. The average molecular weight is 294 g/mol. The second-order valence-corrected chi connectivity index (χ2v) is 5.54. The summed E-state index contributed by atoms with van der Waals surface area (Å²) < 4.78 is 6.06. The van der Waals surface area contributed by atoms with E-state index >= 15 is 0 Å². The van der Waals surface area contributed by atoms with Crippen LogP contribution in [0.25, 0.3) is 0 Å². The van der Waals surface area contributed by atoms with Crippen molar-refractivity contribution in [3.05, 3.63) is 58.1 Å². The van der Waals surface area contributed by atoms with Crippen molar-refractivity contribution in [2.24, 2.45) is 0 Å². The van der Waals surface area contributed by atoms with E-state index in [2.05, 4.69) is 12.2 Å². The first kappa shape index (κ1) is 12.6. The van der Waals surface area contributed by atoms with Crippen LogP contribution in [0, 0.1) is 0 Å². The van der Waals surface area contributed by atoms with Gasteiger partial charge in [0.15, 0.2) is 0 Å². The van der Waals surface area contributed by atoms with Crippen LogP contribution in [0.1, 0.15) is 18.6 Å². The van der Waals surface area contributed by atoms with Gasteiger partial charge in [-0.1, -0.05) is 35.3 Å². The van der Waals surface area contributed by atoms with Crippen molar-refractivity contribution in [3.8, 4) is 5.75 Å². The summed E-state index contributed by atoms with van der Waals surface area (Å²) in [4.78, 5) is 0. The normalized spacial score (nSPS) is 21.2. The molecule has 0 aromatic heterocycles. The van der Waals surface area contributed by atoms with Gasteiger partial charge in [0.25, 0.3) is 0 Å². The molecule has 2 aromatic rings. The van der Waals surface area contributed by atoms with Crippen LogP contribution in [0.5, 0.6) is 5.75 Å². The Bertz CT molecular complexity index is 598. The zero-order chi connectivity index (χ0) is 13.4. The maximum Gasteiger partial charge on any atom is 0.144 e. The fourth-order valence-electron chi connectivity index (χ4n) is 2.29. The predicted octanol–water partition coefficient (Wildman–Crippen LogP) is 4.93. The third-order valence-electron chi connectivity index (χ3n) is 3.23. The molecule has 0 amide bonds. The van der Waals surface area contributed by atoms with E-state index in [1.807, 2.05) is 42.5 Å². The molecule has 2 atom stereocenters. The lowest BCUT2D eigenvalue weighted by atomic mass is 10.0. The molecule has 4 heteroatoms. The number of ether oxygens (including phenoxy) is 1. The highest BCUT2D eigenvalue weighted by Crippen LogP contribution is 2.38. The number of rotatable bonds is 1. The van der Waals surface area contributed by atoms with Crippen molar-refractivity contribution in [2.75, 3.05) is 5.32 Å². The number of hydrogen-bond donors (Lipinski definition) is 1. The van der Waals surface area contributed by atoms with Gasteiger partial charge in [0, 0.05) is 10.0 Å². The lowest BCUT2D eigenvalue weighted by Crippen LogP contribution is -2.32. The van der Waals surface area contributed by atoms with E-state index in [0.717, 1.165) is 22.0 Å². The second-order valence-electron chi connectivity index (χ2n) is 4.66. The topological polar surface area (TPSA) is 21.3 Å². The van der Waals surface area contributed by atoms with Crippen LogP contribution >= 0.6 is 23.2 Å². The van der Waals surface area contributed by atoms with E-state index < -0.39 is 0 Å². The maximum absolute atomic E-state index is 6.06. The van der Waals surface area contributed by atoms with Crippen LogP contribution in [-0.2, 0) is 0 Å². The number of benzene rings is 2. The summed E-state index contributed by atoms with van der Waals surface area (Å²) in [6.45, 7) is 2.09. The van der Waals surface area contributed by atoms with Gasteiger partial charge in [0.1, 0.15) is 11.9 Å². The van der Waals surface area contributed by atoms with Gasteiger partial charge in [0.2, 0.25) is 0 Å². The van der Waals surface area contributed by atoms with Crippen LogP contribution in [0.2, 0.25) is 10.0 Å². The van der Waals surface area contributed by atoms with Gasteiger partial charge in [-0.15, -0.1) is 0 Å². The Hall–Kier alpha value is -1.38. The Balaban J connectivity index is 1.93. The Kier molecular flexibility index (Phi) is 3.29. The predicted molar refractivity (Wildman–Crippen MR) is 79.4 cm³/mol. The minimum atomic E-state index is -0.0362. The lowest BCUT2D eigenvalue weighted by Gasteiger charge is -2.33. The standard InChI is InChI=1S/C15H13Cl2NO/c1-9-15(10-2-4-11(16)5-3-10)19-14-7-6-12(17)8-13(14)18-9/h2-9,15,18H,1H3. The molecule has 0 fully saturated rings. The molecule has 0 aliphatic carbocycles. The minimum Gasteiger partial charge on any atom is -0.481 e. The molecule has 0 radical (unpaired) electrons. The van der Waals surface area contributed by atoms with E-state index in [1.165, 1.54) is 0 Å². The van der Waals surface area contributed by atoms with Crippen molar-refractivity contribution >= 4 is 28.9 Å². The van der Waals surface area contributed by atoms with Gasteiger partial charge in [0.05, 0.1) is 11.7 Å². The van der Waals surface area contributed by atoms with Gasteiger partial charge in [-0.25, -0.2) is 0 Å². The maximum atomic E-state index is 6.06. The molecule has 1 heterocycles. The van der Waals surface area contributed by atoms with Gasteiger partial charge < -0.3 is 10.1 Å².